The molecule has 1 aliphatic heterocycles. The molecule has 1 aliphatic rings. The van der Waals surface area contributed by atoms with Crippen molar-refractivity contribution in [1.82, 2.24) is 20.5 Å². The molecular weight excluding hydrogens is 228 g/mol. The van der Waals surface area contributed by atoms with E-state index in [9.17, 15) is 0 Å². The summed E-state index contributed by atoms with van der Waals surface area (Å²) in [5.74, 6) is 0. The second kappa shape index (κ2) is 6.29. The number of hydrogen-bond acceptors (Lipinski definition) is 5. The second-order valence-corrected chi connectivity index (χ2v) is 5.47. The van der Waals surface area contributed by atoms with E-state index in [4.69, 9.17) is 4.63 Å². The van der Waals surface area contributed by atoms with Gasteiger partial charge in [0.05, 0.1) is 0 Å². The van der Waals surface area contributed by atoms with Gasteiger partial charge in [0.1, 0.15) is 11.4 Å². The van der Waals surface area contributed by atoms with Gasteiger partial charge in [0.15, 0.2) is 0 Å². The number of nitrogens with zero attached hydrogens (tertiary/aromatic N) is 3. The summed E-state index contributed by atoms with van der Waals surface area (Å²) >= 11 is 0. The molecule has 1 atom stereocenters. The quantitative estimate of drug-likeness (QED) is 0.865. The van der Waals surface area contributed by atoms with Gasteiger partial charge in [-0.1, -0.05) is 16.7 Å². The number of hydrogen-bond donors (Lipinski definition) is 1. The predicted octanol–water partition coefficient (Wildman–Crippen LogP) is 1.73. The first kappa shape index (κ1) is 13.5. The van der Waals surface area contributed by atoms with Crippen LogP contribution in [0.3, 0.4) is 0 Å². The van der Waals surface area contributed by atoms with Gasteiger partial charge in [-0.2, -0.15) is 0 Å². The van der Waals surface area contributed by atoms with Crippen LogP contribution in [-0.2, 0) is 6.54 Å². The highest BCUT2D eigenvalue weighted by Crippen LogP contribution is 2.13. The van der Waals surface area contributed by atoms with E-state index >= 15 is 0 Å². The fourth-order valence-electron chi connectivity index (χ4n) is 2.41. The van der Waals surface area contributed by atoms with E-state index in [2.05, 4.69) is 34.4 Å². The summed E-state index contributed by atoms with van der Waals surface area (Å²) in [6, 6.07) is 1.12. The van der Waals surface area contributed by atoms with E-state index in [1.807, 2.05) is 6.92 Å². The molecule has 2 heterocycles. The van der Waals surface area contributed by atoms with Crippen LogP contribution in [-0.4, -0.2) is 40.4 Å². The summed E-state index contributed by atoms with van der Waals surface area (Å²) in [4.78, 5) is 2.44. The fourth-order valence-corrected chi connectivity index (χ4v) is 2.41. The lowest BCUT2D eigenvalue weighted by atomic mass is 10.0. The van der Waals surface area contributed by atoms with E-state index in [1.54, 1.807) is 0 Å². The van der Waals surface area contributed by atoms with Crippen molar-refractivity contribution in [3.8, 4) is 0 Å². The smallest absolute Gasteiger partial charge is 0.122 e. The third kappa shape index (κ3) is 3.53. The van der Waals surface area contributed by atoms with Gasteiger partial charge in [0, 0.05) is 25.2 Å². The molecule has 0 spiro atoms. The highest BCUT2D eigenvalue weighted by atomic mass is 16.6. The summed E-state index contributed by atoms with van der Waals surface area (Å²) in [6.45, 7) is 9.46. The molecule has 18 heavy (non-hydrogen) atoms. The van der Waals surface area contributed by atoms with E-state index in [0.717, 1.165) is 31.0 Å². The molecule has 0 amide bonds. The van der Waals surface area contributed by atoms with Crippen molar-refractivity contribution >= 4 is 0 Å². The van der Waals surface area contributed by atoms with Gasteiger partial charge >= 0.3 is 0 Å². The van der Waals surface area contributed by atoms with Gasteiger partial charge < -0.3 is 5.32 Å². The molecule has 0 saturated carbocycles. The average molecular weight is 252 g/mol. The number of piperidine rings is 1. The first-order valence-electron chi connectivity index (χ1n) is 6.92. The van der Waals surface area contributed by atoms with Gasteiger partial charge in [0.25, 0.3) is 0 Å². The monoisotopic (exact) mass is 252 g/mol. The first-order valence-corrected chi connectivity index (χ1v) is 6.92. The van der Waals surface area contributed by atoms with Crippen LogP contribution >= 0.6 is 0 Å². The largest absolute Gasteiger partial charge is 0.313 e. The molecule has 5 nitrogen and oxygen atoms in total. The first-order chi connectivity index (χ1) is 8.66. The lowest BCUT2D eigenvalue weighted by Crippen LogP contribution is -2.45. The minimum Gasteiger partial charge on any atom is -0.313 e. The maximum atomic E-state index is 4.77. The zero-order valence-corrected chi connectivity index (χ0v) is 11.6. The SMILES string of the molecule is Cc1nonc1CN(CC1CCCCN1)C(C)C. The van der Waals surface area contributed by atoms with Crippen LogP contribution in [0.2, 0.25) is 0 Å². The Labute approximate surface area is 109 Å². The Hall–Kier alpha value is -0.940. The molecule has 2 rings (SSSR count). The van der Waals surface area contributed by atoms with Crippen molar-refractivity contribution < 1.29 is 4.63 Å². The minimum absolute atomic E-state index is 0.504. The lowest BCUT2D eigenvalue weighted by molar-refractivity contribution is 0.172. The Morgan fingerprint density at radius 3 is 2.78 bits per heavy atom. The third-order valence-electron chi connectivity index (χ3n) is 3.70. The lowest BCUT2D eigenvalue weighted by Gasteiger charge is -2.32. The summed E-state index contributed by atoms with van der Waals surface area (Å²) in [5, 5.41) is 11.4. The molecule has 0 bridgehead atoms. The molecule has 1 fully saturated rings. The Morgan fingerprint density at radius 2 is 2.22 bits per heavy atom. The van der Waals surface area contributed by atoms with Crippen LogP contribution in [0.4, 0.5) is 0 Å². The Balaban J connectivity index is 1.93. The van der Waals surface area contributed by atoms with Gasteiger partial charge in [-0.3, -0.25) is 4.90 Å². The number of aryl methyl sites for hydroxylation is 1. The third-order valence-corrected chi connectivity index (χ3v) is 3.70. The minimum atomic E-state index is 0.504. The maximum absolute atomic E-state index is 4.77. The van der Waals surface area contributed by atoms with Crippen LogP contribution in [0.1, 0.15) is 44.5 Å². The van der Waals surface area contributed by atoms with Gasteiger partial charge in [-0.15, -0.1) is 0 Å². The van der Waals surface area contributed by atoms with Crippen molar-refractivity contribution in [2.75, 3.05) is 13.1 Å². The fraction of sp³-hybridized carbons (Fsp3) is 0.846. The van der Waals surface area contributed by atoms with Crippen molar-refractivity contribution in [3.63, 3.8) is 0 Å². The standard InChI is InChI=1S/C13H24N4O/c1-10(2)17(8-12-6-4-5-7-14-12)9-13-11(3)15-18-16-13/h10,12,14H,4-9H2,1-3H3. The molecule has 1 N–H and O–H groups in total. The zero-order valence-electron chi connectivity index (χ0n) is 11.6. The topological polar surface area (TPSA) is 54.2 Å². The Morgan fingerprint density at radius 1 is 1.39 bits per heavy atom. The predicted molar refractivity (Wildman–Crippen MR) is 70.2 cm³/mol. The molecule has 0 radical (unpaired) electrons. The van der Waals surface area contributed by atoms with Crippen molar-refractivity contribution in [2.24, 2.45) is 0 Å². The Kier molecular flexibility index (Phi) is 4.72. The summed E-state index contributed by atoms with van der Waals surface area (Å²) < 4.78 is 4.77. The van der Waals surface area contributed by atoms with Gasteiger partial charge in [-0.25, -0.2) is 4.63 Å². The molecule has 1 unspecified atom stereocenters. The second-order valence-electron chi connectivity index (χ2n) is 5.47. The van der Waals surface area contributed by atoms with E-state index in [1.165, 1.54) is 19.3 Å². The highest BCUT2D eigenvalue weighted by molar-refractivity contribution is 5.04. The van der Waals surface area contributed by atoms with Crippen LogP contribution < -0.4 is 5.32 Å². The summed E-state index contributed by atoms with van der Waals surface area (Å²) in [6.07, 6.45) is 3.93. The van der Waals surface area contributed by atoms with Crippen LogP contribution in [0.25, 0.3) is 0 Å². The van der Waals surface area contributed by atoms with E-state index < -0.39 is 0 Å². The Bertz CT molecular complexity index is 358. The van der Waals surface area contributed by atoms with Crippen molar-refractivity contribution in [1.29, 1.82) is 0 Å². The summed E-state index contributed by atoms with van der Waals surface area (Å²) in [7, 11) is 0. The van der Waals surface area contributed by atoms with Crippen LogP contribution in [0, 0.1) is 6.92 Å². The van der Waals surface area contributed by atoms with Crippen molar-refractivity contribution in [2.45, 2.75) is 58.7 Å². The number of nitrogens with one attached hydrogen (secondary N) is 1. The average Bonchev–Trinajstić information content (AvgIpc) is 2.75. The van der Waals surface area contributed by atoms with Crippen LogP contribution in [0.15, 0.2) is 4.63 Å². The zero-order chi connectivity index (χ0) is 13.0. The molecule has 5 heteroatoms. The number of rotatable bonds is 5. The molecule has 1 aromatic rings. The maximum Gasteiger partial charge on any atom is 0.122 e. The molecule has 1 aromatic heterocycles. The summed E-state index contributed by atoms with van der Waals surface area (Å²) in [5.41, 5.74) is 1.86. The molecule has 0 aliphatic carbocycles. The normalized spacial score (nSPS) is 20.8. The van der Waals surface area contributed by atoms with E-state index in [0.29, 0.717) is 12.1 Å². The molecule has 1 saturated heterocycles. The van der Waals surface area contributed by atoms with Gasteiger partial charge in [-0.05, 0) is 40.2 Å². The molecular formula is C13H24N4O. The van der Waals surface area contributed by atoms with Crippen molar-refractivity contribution in [3.05, 3.63) is 11.4 Å². The van der Waals surface area contributed by atoms with Gasteiger partial charge in [0.2, 0.25) is 0 Å². The molecule has 102 valence electrons. The van der Waals surface area contributed by atoms with Crippen LogP contribution in [0.5, 0.6) is 0 Å². The molecule has 0 aromatic carbocycles. The highest BCUT2D eigenvalue weighted by Gasteiger charge is 2.20. The number of aromatic nitrogens is 2. The van der Waals surface area contributed by atoms with E-state index in [-0.39, 0.29) is 0 Å².